The Morgan fingerprint density at radius 1 is 1.00 bits per heavy atom. The predicted octanol–water partition coefficient (Wildman–Crippen LogP) is 2.27. The van der Waals surface area contributed by atoms with E-state index in [0.717, 1.165) is 12.1 Å². The zero-order valence-electron chi connectivity index (χ0n) is 13.6. The summed E-state index contributed by atoms with van der Waals surface area (Å²) in [6.07, 6.45) is 0. The summed E-state index contributed by atoms with van der Waals surface area (Å²) >= 11 is 0. The van der Waals surface area contributed by atoms with Crippen molar-refractivity contribution in [2.45, 2.75) is 6.61 Å². The van der Waals surface area contributed by atoms with Crippen LogP contribution in [0, 0.1) is 11.3 Å². The highest BCUT2D eigenvalue weighted by molar-refractivity contribution is 6.05. The molecule has 0 radical (unpaired) electrons. The molecule has 0 atom stereocenters. The molecule has 9 heteroatoms. The summed E-state index contributed by atoms with van der Waals surface area (Å²) in [6.45, 7) is -3.69. The number of hydrogen-bond donors (Lipinski definition) is 1. The highest BCUT2D eigenvalue weighted by atomic mass is 19.3. The number of ether oxygens (including phenoxy) is 2. The number of carbonyl (C=O) groups is 3. The molecule has 0 aliphatic carbocycles. The molecule has 27 heavy (non-hydrogen) atoms. The quantitative estimate of drug-likeness (QED) is 0.778. The van der Waals surface area contributed by atoms with Gasteiger partial charge in [-0.15, -0.1) is 0 Å². The van der Waals surface area contributed by atoms with E-state index in [-0.39, 0.29) is 16.9 Å². The Morgan fingerprint density at radius 3 is 2.15 bits per heavy atom. The maximum absolute atomic E-state index is 12.1. The smallest absolute Gasteiger partial charge is 0.387 e. The lowest BCUT2D eigenvalue weighted by Crippen LogP contribution is -2.34. The number of halogens is 2. The molecule has 0 saturated carbocycles. The topological polar surface area (TPSA) is 105 Å². The number of nitrogens with one attached hydrogen (secondary N) is 1. The van der Waals surface area contributed by atoms with Crippen molar-refractivity contribution in [1.82, 2.24) is 5.32 Å². The van der Waals surface area contributed by atoms with Crippen LogP contribution in [0.1, 0.15) is 26.3 Å². The van der Waals surface area contributed by atoms with Gasteiger partial charge >= 0.3 is 12.6 Å². The van der Waals surface area contributed by atoms with Crippen LogP contribution in [-0.4, -0.2) is 31.0 Å². The fraction of sp³-hybridized carbons (Fsp3) is 0.111. The maximum atomic E-state index is 12.1. The maximum Gasteiger partial charge on any atom is 0.387 e. The zero-order chi connectivity index (χ0) is 19.8. The second-order valence-electron chi connectivity index (χ2n) is 5.05. The number of nitrogens with zero attached hydrogens (tertiary/aromatic N) is 1. The van der Waals surface area contributed by atoms with Gasteiger partial charge in [0.1, 0.15) is 5.75 Å². The average Bonchev–Trinajstić information content (AvgIpc) is 2.66. The van der Waals surface area contributed by atoms with E-state index in [1.807, 2.05) is 11.4 Å². The van der Waals surface area contributed by atoms with Crippen LogP contribution >= 0.6 is 0 Å². The van der Waals surface area contributed by atoms with Gasteiger partial charge in [-0.2, -0.15) is 14.0 Å². The molecule has 0 aliphatic rings. The first-order valence-corrected chi connectivity index (χ1v) is 7.45. The summed E-state index contributed by atoms with van der Waals surface area (Å²) in [5, 5.41) is 10.7. The molecule has 0 fully saturated rings. The summed E-state index contributed by atoms with van der Waals surface area (Å²) in [7, 11) is 0. The van der Waals surface area contributed by atoms with Gasteiger partial charge in [-0.05, 0) is 48.5 Å². The Balaban J connectivity index is 1.84. The van der Waals surface area contributed by atoms with Crippen molar-refractivity contribution in [3.8, 4) is 11.8 Å². The molecule has 1 N–H and O–H groups in total. The Labute approximate surface area is 152 Å². The fourth-order valence-electron chi connectivity index (χ4n) is 1.92. The number of alkyl halides is 2. The van der Waals surface area contributed by atoms with Crippen molar-refractivity contribution < 1.29 is 32.6 Å². The highest BCUT2D eigenvalue weighted by Crippen LogP contribution is 2.14. The van der Waals surface area contributed by atoms with Gasteiger partial charge in [-0.1, -0.05) is 0 Å². The second kappa shape index (κ2) is 9.05. The third-order valence-corrected chi connectivity index (χ3v) is 3.18. The van der Waals surface area contributed by atoms with E-state index in [0.29, 0.717) is 5.56 Å². The lowest BCUT2D eigenvalue weighted by Gasteiger charge is -2.07. The van der Waals surface area contributed by atoms with Gasteiger partial charge in [0.15, 0.2) is 6.61 Å². The van der Waals surface area contributed by atoms with E-state index >= 15 is 0 Å². The molecule has 7 nitrogen and oxygen atoms in total. The minimum atomic E-state index is -2.99. The Bertz CT molecular complexity index is 874. The number of carbonyl (C=O) groups excluding carboxylic acids is 3. The lowest BCUT2D eigenvalue weighted by molar-refractivity contribution is -0.123. The van der Waals surface area contributed by atoms with Crippen molar-refractivity contribution in [2.24, 2.45) is 0 Å². The third kappa shape index (κ3) is 5.89. The van der Waals surface area contributed by atoms with Crippen molar-refractivity contribution >= 4 is 17.8 Å². The van der Waals surface area contributed by atoms with E-state index in [2.05, 4.69) is 4.74 Å². The van der Waals surface area contributed by atoms with Gasteiger partial charge in [-0.25, -0.2) is 4.79 Å². The molecule has 2 aromatic carbocycles. The molecule has 0 saturated heterocycles. The summed E-state index contributed by atoms with van der Waals surface area (Å²) in [5.41, 5.74) is 0.533. The average molecular weight is 374 g/mol. The summed E-state index contributed by atoms with van der Waals surface area (Å²) in [6, 6.07) is 12.2. The van der Waals surface area contributed by atoms with Gasteiger partial charge in [0, 0.05) is 5.56 Å². The van der Waals surface area contributed by atoms with Gasteiger partial charge in [-0.3, -0.25) is 14.9 Å². The summed E-state index contributed by atoms with van der Waals surface area (Å²) < 4.78 is 33.0. The molecule has 0 aromatic heterocycles. The summed E-state index contributed by atoms with van der Waals surface area (Å²) in [4.78, 5) is 35.4. The van der Waals surface area contributed by atoms with Crippen LogP contribution in [0.4, 0.5) is 8.78 Å². The number of amides is 2. The zero-order valence-corrected chi connectivity index (χ0v) is 13.6. The van der Waals surface area contributed by atoms with E-state index in [1.54, 1.807) is 0 Å². The van der Waals surface area contributed by atoms with Crippen LogP contribution in [0.2, 0.25) is 0 Å². The SMILES string of the molecule is N#Cc1ccc(C(=O)OCC(=O)NC(=O)c2ccc(OC(F)F)cc2)cc1. The molecular weight excluding hydrogens is 362 g/mol. The second-order valence-corrected chi connectivity index (χ2v) is 5.05. The highest BCUT2D eigenvalue weighted by Gasteiger charge is 2.14. The molecule has 2 aromatic rings. The van der Waals surface area contributed by atoms with Crippen LogP contribution < -0.4 is 10.1 Å². The first-order chi connectivity index (χ1) is 12.9. The molecular formula is C18H12F2N2O5. The number of nitriles is 1. The van der Waals surface area contributed by atoms with Gasteiger partial charge in [0.05, 0.1) is 17.2 Å². The molecule has 0 bridgehead atoms. The predicted molar refractivity (Wildman–Crippen MR) is 87.0 cm³/mol. The molecule has 2 rings (SSSR count). The van der Waals surface area contributed by atoms with E-state index in [9.17, 15) is 23.2 Å². The van der Waals surface area contributed by atoms with Crippen LogP contribution in [0.3, 0.4) is 0 Å². The Kier molecular flexibility index (Phi) is 6.55. The molecule has 0 heterocycles. The molecule has 2 amide bonds. The van der Waals surface area contributed by atoms with Gasteiger partial charge in [0.25, 0.3) is 11.8 Å². The minimum Gasteiger partial charge on any atom is -0.452 e. The number of imide groups is 1. The first kappa shape index (κ1) is 19.5. The molecule has 0 spiro atoms. The lowest BCUT2D eigenvalue weighted by atomic mass is 10.1. The minimum absolute atomic E-state index is 0.0309. The van der Waals surface area contributed by atoms with Crippen molar-refractivity contribution in [1.29, 1.82) is 5.26 Å². The first-order valence-electron chi connectivity index (χ1n) is 7.45. The number of rotatable bonds is 6. The van der Waals surface area contributed by atoms with Crippen LogP contribution in [0.25, 0.3) is 0 Å². The van der Waals surface area contributed by atoms with Crippen LogP contribution in [-0.2, 0) is 9.53 Å². The van der Waals surface area contributed by atoms with E-state index in [1.165, 1.54) is 36.4 Å². The van der Waals surface area contributed by atoms with Gasteiger partial charge < -0.3 is 9.47 Å². The number of hydrogen-bond acceptors (Lipinski definition) is 6. The van der Waals surface area contributed by atoms with Gasteiger partial charge in [0.2, 0.25) is 0 Å². The molecule has 0 aliphatic heterocycles. The largest absolute Gasteiger partial charge is 0.452 e. The molecule has 138 valence electrons. The third-order valence-electron chi connectivity index (χ3n) is 3.18. The normalized spacial score (nSPS) is 10.0. The van der Waals surface area contributed by atoms with E-state index in [4.69, 9.17) is 10.00 Å². The van der Waals surface area contributed by atoms with Crippen molar-refractivity contribution in [3.05, 3.63) is 65.2 Å². The van der Waals surface area contributed by atoms with Crippen LogP contribution in [0.5, 0.6) is 5.75 Å². The summed E-state index contributed by atoms with van der Waals surface area (Å²) in [5.74, 6) is -2.59. The Hall–Kier alpha value is -3.80. The Morgan fingerprint density at radius 2 is 1.59 bits per heavy atom. The monoisotopic (exact) mass is 374 g/mol. The van der Waals surface area contributed by atoms with Crippen molar-refractivity contribution in [3.63, 3.8) is 0 Å². The molecule has 0 unspecified atom stereocenters. The van der Waals surface area contributed by atoms with E-state index < -0.39 is 31.0 Å². The fourth-order valence-corrected chi connectivity index (χ4v) is 1.92. The standard InChI is InChI=1S/C18H12F2N2O5/c19-18(20)27-14-7-5-12(6-8-14)16(24)22-15(23)10-26-17(25)13-3-1-11(9-21)2-4-13/h1-8,18H,10H2,(H,22,23,24). The van der Waals surface area contributed by atoms with Crippen LogP contribution in [0.15, 0.2) is 48.5 Å². The number of benzene rings is 2. The number of esters is 1. The van der Waals surface area contributed by atoms with Crippen molar-refractivity contribution in [2.75, 3.05) is 6.61 Å².